The molecular weight excluding hydrogens is 444 g/mol. The molecule has 1 saturated heterocycles. The van der Waals surface area contributed by atoms with E-state index in [0.717, 1.165) is 49.2 Å². The molecule has 1 saturated carbocycles. The van der Waals surface area contributed by atoms with Gasteiger partial charge < -0.3 is 14.1 Å². The number of carbonyl (C=O) groups excluding carboxylic acids is 1. The predicted octanol–water partition coefficient (Wildman–Crippen LogP) is 4.17. The molecule has 3 aromatic rings. The highest BCUT2D eigenvalue weighted by atomic mass is 16.5. The number of fused-ring (bicyclic) bond motifs is 1. The molecule has 0 atom stereocenters. The number of carbonyl (C=O) groups is 1. The summed E-state index contributed by atoms with van der Waals surface area (Å²) in [7, 11) is 2.12. The van der Waals surface area contributed by atoms with Crippen molar-refractivity contribution in [2.24, 2.45) is 5.92 Å². The average Bonchev–Trinajstić information content (AvgIpc) is 3.32. The molecule has 0 spiro atoms. The summed E-state index contributed by atoms with van der Waals surface area (Å²) in [4.78, 5) is 27.9. The van der Waals surface area contributed by atoms with E-state index in [9.17, 15) is 9.59 Å². The average molecular weight is 479 g/mol. The van der Waals surface area contributed by atoms with Gasteiger partial charge in [0, 0.05) is 42.6 Å². The number of Topliss-reactive ketones (excluding diaryl/α,β-unsaturated/α-hetero) is 1. The number of hydrogen-bond donors (Lipinski definition) is 0. The second-order valence-electron chi connectivity index (χ2n) is 10.2. The summed E-state index contributed by atoms with van der Waals surface area (Å²) in [5.41, 5.74) is 1.43. The number of ketones is 1. The van der Waals surface area contributed by atoms with E-state index in [0.29, 0.717) is 22.8 Å². The number of nitrogens with zero attached hydrogens (tertiary/aromatic N) is 4. The Morgan fingerprint density at radius 1 is 1.14 bits per heavy atom. The van der Waals surface area contributed by atoms with Gasteiger partial charge in [-0.1, -0.05) is 24.5 Å². The maximum Gasteiger partial charge on any atom is 0.339 e. The van der Waals surface area contributed by atoms with Crippen molar-refractivity contribution in [3.05, 3.63) is 51.6 Å². The van der Waals surface area contributed by atoms with Gasteiger partial charge in [0.2, 0.25) is 0 Å². The van der Waals surface area contributed by atoms with Crippen LogP contribution in [-0.2, 0) is 13.0 Å². The van der Waals surface area contributed by atoms with Crippen molar-refractivity contribution in [2.75, 3.05) is 20.1 Å². The SMILES string of the molecule is Cc1c(OC2CCN(C)CC2)ccc2cc(CC(=O)c3cn(CC4CCCCC4)nn3)c(=O)oc12. The van der Waals surface area contributed by atoms with Gasteiger partial charge in [-0.15, -0.1) is 5.10 Å². The van der Waals surface area contributed by atoms with E-state index in [4.69, 9.17) is 9.15 Å². The van der Waals surface area contributed by atoms with Gasteiger partial charge in [-0.05, 0) is 63.8 Å². The molecule has 8 heteroatoms. The molecule has 0 amide bonds. The standard InChI is InChI=1S/C27H34N4O4/c1-18-25(34-22-10-12-30(2)13-11-22)9-8-20-14-21(27(33)35-26(18)20)15-24(32)23-17-31(29-28-23)16-19-6-4-3-5-7-19/h8-9,14,17,19,22H,3-7,10-13,15-16H2,1-2H3. The van der Waals surface area contributed by atoms with Crippen LogP contribution in [0, 0.1) is 12.8 Å². The van der Waals surface area contributed by atoms with Crippen LogP contribution in [0.1, 0.15) is 66.6 Å². The van der Waals surface area contributed by atoms with Crippen molar-refractivity contribution in [1.29, 1.82) is 0 Å². The molecule has 2 aliphatic rings. The number of likely N-dealkylation sites (tertiary alicyclic amines) is 1. The van der Waals surface area contributed by atoms with E-state index >= 15 is 0 Å². The smallest absolute Gasteiger partial charge is 0.339 e. The fraction of sp³-hybridized carbons (Fsp3) is 0.556. The van der Waals surface area contributed by atoms with Gasteiger partial charge >= 0.3 is 5.63 Å². The highest BCUT2D eigenvalue weighted by molar-refractivity contribution is 5.95. The van der Waals surface area contributed by atoms with Gasteiger partial charge in [-0.25, -0.2) is 4.79 Å². The van der Waals surface area contributed by atoms with Crippen LogP contribution >= 0.6 is 0 Å². The van der Waals surface area contributed by atoms with Crippen LogP contribution in [0.4, 0.5) is 0 Å². The highest BCUT2D eigenvalue weighted by Crippen LogP contribution is 2.29. The number of benzene rings is 1. The minimum Gasteiger partial charge on any atom is -0.490 e. The summed E-state index contributed by atoms with van der Waals surface area (Å²) in [6.45, 7) is 4.72. The lowest BCUT2D eigenvalue weighted by Crippen LogP contribution is -2.35. The van der Waals surface area contributed by atoms with E-state index in [1.807, 2.05) is 19.1 Å². The van der Waals surface area contributed by atoms with Crippen molar-refractivity contribution in [3.63, 3.8) is 0 Å². The molecule has 1 aliphatic carbocycles. The first-order chi connectivity index (χ1) is 17.0. The van der Waals surface area contributed by atoms with Gasteiger partial charge in [-0.3, -0.25) is 9.48 Å². The Bertz CT molecular complexity index is 1250. The normalized spacial score (nSPS) is 18.2. The first-order valence-corrected chi connectivity index (χ1v) is 12.8. The van der Waals surface area contributed by atoms with E-state index in [1.54, 1.807) is 16.9 Å². The maximum absolute atomic E-state index is 12.9. The second-order valence-corrected chi connectivity index (χ2v) is 10.2. The zero-order valence-corrected chi connectivity index (χ0v) is 20.7. The van der Waals surface area contributed by atoms with Crippen LogP contribution in [-0.4, -0.2) is 51.9 Å². The monoisotopic (exact) mass is 478 g/mol. The van der Waals surface area contributed by atoms with Gasteiger partial charge in [0.05, 0.1) is 6.20 Å². The number of aryl methyl sites for hydroxylation is 1. The molecule has 1 aliphatic heterocycles. The molecule has 0 unspecified atom stereocenters. The zero-order chi connectivity index (χ0) is 24.4. The van der Waals surface area contributed by atoms with E-state index in [1.165, 1.54) is 32.1 Å². The summed E-state index contributed by atoms with van der Waals surface area (Å²) < 4.78 is 13.7. The van der Waals surface area contributed by atoms with Crippen LogP contribution in [0.2, 0.25) is 0 Å². The third kappa shape index (κ3) is 5.48. The number of ether oxygens (including phenoxy) is 1. The third-order valence-corrected chi connectivity index (χ3v) is 7.48. The number of aromatic nitrogens is 3. The van der Waals surface area contributed by atoms with Crippen molar-refractivity contribution in [1.82, 2.24) is 19.9 Å². The zero-order valence-electron chi connectivity index (χ0n) is 20.7. The van der Waals surface area contributed by atoms with Crippen LogP contribution in [0.5, 0.6) is 5.75 Å². The summed E-state index contributed by atoms with van der Waals surface area (Å²) in [5.74, 6) is 1.11. The largest absolute Gasteiger partial charge is 0.490 e. The lowest BCUT2D eigenvalue weighted by Gasteiger charge is -2.29. The molecule has 8 nitrogen and oxygen atoms in total. The van der Waals surface area contributed by atoms with E-state index < -0.39 is 5.63 Å². The Labute approximate surface area is 205 Å². The van der Waals surface area contributed by atoms with Crippen LogP contribution in [0.25, 0.3) is 11.0 Å². The van der Waals surface area contributed by atoms with E-state index in [2.05, 4.69) is 22.3 Å². The Morgan fingerprint density at radius 3 is 2.69 bits per heavy atom. The van der Waals surface area contributed by atoms with Gasteiger partial charge in [-0.2, -0.15) is 0 Å². The fourth-order valence-electron chi connectivity index (χ4n) is 5.29. The molecule has 5 rings (SSSR count). The summed E-state index contributed by atoms with van der Waals surface area (Å²) in [5, 5.41) is 8.99. The third-order valence-electron chi connectivity index (χ3n) is 7.48. The molecule has 35 heavy (non-hydrogen) atoms. The molecule has 3 heterocycles. The first kappa shape index (κ1) is 23.7. The summed E-state index contributed by atoms with van der Waals surface area (Å²) in [6.07, 6.45) is 9.98. The van der Waals surface area contributed by atoms with Crippen LogP contribution in [0.3, 0.4) is 0 Å². The van der Waals surface area contributed by atoms with Crippen molar-refractivity contribution >= 4 is 16.8 Å². The van der Waals surface area contributed by atoms with Crippen molar-refractivity contribution < 1.29 is 13.9 Å². The molecule has 186 valence electrons. The number of rotatable bonds is 7. The lowest BCUT2D eigenvalue weighted by molar-refractivity contribution is 0.0987. The minimum atomic E-state index is -0.500. The minimum absolute atomic E-state index is 0.0622. The second kappa shape index (κ2) is 10.3. The Balaban J connectivity index is 1.28. The van der Waals surface area contributed by atoms with Crippen LogP contribution < -0.4 is 10.4 Å². The summed E-state index contributed by atoms with van der Waals surface area (Å²) >= 11 is 0. The van der Waals surface area contributed by atoms with Crippen molar-refractivity contribution in [2.45, 2.75) is 70.9 Å². The fourth-order valence-corrected chi connectivity index (χ4v) is 5.29. The first-order valence-electron chi connectivity index (χ1n) is 12.8. The number of hydrogen-bond acceptors (Lipinski definition) is 7. The molecule has 2 aromatic heterocycles. The van der Waals surface area contributed by atoms with Gasteiger partial charge in [0.1, 0.15) is 23.1 Å². The molecule has 1 aromatic carbocycles. The molecule has 0 N–H and O–H groups in total. The Morgan fingerprint density at radius 2 is 1.91 bits per heavy atom. The molecule has 0 radical (unpaired) electrons. The number of piperidine rings is 1. The van der Waals surface area contributed by atoms with Gasteiger partial charge in [0.15, 0.2) is 5.78 Å². The highest BCUT2D eigenvalue weighted by Gasteiger charge is 2.21. The van der Waals surface area contributed by atoms with Crippen molar-refractivity contribution in [3.8, 4) is 5.75 Å². The quantitative estimate of drug-likeness (QED) is 0.372. The lowest BCUT2D eigenvalue weighted by atomic mass is 9.89. The van der Waals surface area contributed by atoms with Crippen LogP contribution in [0.15, 0.2) is 33.6 Å². The van der Waals surface area contributed by atoms with Gasteiger partial charge in [0.25, 0.3) is 0 Å². The van der Waals surface area contributed by atoms with E-state index in [-0.39, 0.29) is 18.3 Å². The molecule has 0 bridgehead atoms. The topological polar surface area (TPSA) is 90.5 Å². The Kier molecular flexibility index (Phi) is 7.00. The Hall–Kier alpha value is -3.00. The summed E-state index contributed by atoms with van der Waals surface area (Å²) in [6, 6.07) is 5.57. The molecule has 2 fully saturated rings. The predicted molar refractivity (Wildman–Crippen MR) is 133 cm³/mol. The molecular formula is C27H34N4O4. The maximum atomic E-state index is 12.9.